The van der Waals surface area contributed by atoms with E-state index < -0.39 is 0 Å². The topological polar surface area (TPSA) is 26.3 Å². The van der Waals surface area contributed by atoms with Crippen LogP contribution in [-0.2, 0) is 0 Å². The number of hydrogen-bond acceptors (Lipinski definition) is 2. The first-order valence-corrected chi connectivity index (χ1v) is 5.94. The minimum Gasteiger partial charge on any atom is -0.494 e. The highest BCUT2D eigenvalue weighted by Gasteiger charge is 2.27. The quantitative estimate of drug-likeness (QED) is 0.759. The third-order valence-electron chi connectivity index (χ3n) is 3.29. The fourth-order valence-corrected chi connectivity index (χ4v) is 2.47. The van der Waals surface area contributed by atoms with Crippen molar-refractivity contribution in [3.05, 3.63) is 28.8 Å². The standard InChI is InChI=1S/C14H18O2/c1-4-16-12-8-6-9(2)13-11(15)7-5-10(3)14(12)13/h6,8,10H,4-5,7H2,1-3H3. The minimum absolute atomic E-state index is 0.271. The van der Waals surface area contributed by atoms with Gasteiger partial charge in [-0.15, -0.1) is 0 Å². The van der Waals surface area contributed by atoms with Crippen molar-refractivity contribution in [2.75, 3.05) is 6.61 Å². The van der Waals surface area contributed by atoms with Gasteiger partial charge in [0.2, 0.25) is 0 Å². The van der Waals surface area contributed by atoms with Crippen molar-refractivity contribution in [1.29, 1.82) is 0 Å². The van der Waals surface area contributed by atoms with Gasteiger partial charge in [-0.1, -0.05) is 13.0 Å². The third-order valence-corrected chi connectivity index (χ3v) is 3.29. The maximum atomic E-state index is 12.0. The summed E-state index contributed by atoms with van der Waals surface area (Å²) < 4.78 is 5.63. The number of aryl methyl sites for hydroxylation is 1. The molecule has 2 rings (SSSR count). The average Bonchev–Trinajstić information content (AvgIpc) is 2.26. The first kappa shape index (κ1) is 11.2. The van der Waals surface area contributed by atoms with Crippen molar-refractivity contribution < 1.29 is 9.53 Å². The van der Waals surface area contributed by atoms with Gasteiger partial charge in [0.1, 0.15) is 5.75 Å². The minimum atomic E-state index is 0.271. The summed E-state index contributed by atoms with van der Waals surface area (Å²) in [6.07, 6.45) is 1.61. The summed E-state index contributed by atoms with van der Waals surface area (Å²) >= 11 is 0. The Hall–Kier alpha value is -1.31. The number of hydrogen-bond donors (Lipinski definition) is 0. The molecule has 0 fully saturated rings. The summed E-state index contributed by atoms with van der Waals surface area (Å²) in [6, 6.07) is 3.98. The number of carbonyl (C=O) groups is 1. The van der Waals surface area contributed by atoms with E-state index in [4.69, 9.17) is 4.74 Å². The zero-order valence-corrected chi connectivity index (χ0v) is 10.2. The van der Waals surface area contributed by atoms with Crippen LogP contribution < -0.4 is 4.74 Å². The van der Waals surface area contributed by atoms with Crippen molar-refractivity contribution in [3.8, 4) is 5.75 Å². The first-order valence-electron chi connectivity index (χ1n) is 5.94. The Morgan fingerprint density at radius 3 is 2.88 bits per heavy atom. The highest BCUT2D eigenvalue weighted by molar-refractivity contribution is 6.00. The Balaban J connectivity index is 2.60. The molecule has 1 aliphatic carbocycles. The van der Waals surface area contributed by atoms with Gasteiger partial charge in [-0.3, -0.25) is 4.79 Å². The molecule has 1 unspecified atom stereocenters. The molecule has 0 aliphatic heterocycles. The van der Waals surface area contributed by atoms with Crippen LogP contribution in [0.25, 0.3) is 0 Å². The Labute approximate surface area is 96.6 Å². The predicted octanol–water partition coefficient (Wildman–Crippen LogP) is 3.47. The summed E-state index contributed by atoms with van der Waals surface area (Å²) in [7, 11) is 0. The van der Waals surface area contributed by atoms with E-state index in [9.17, 15) is 4.79 Å². The smallest absolute Gasteiger partial charge is 0.163 e. The normalized spacial score (nSPS) is 19.4. The maximum Gasteiger partial charge on any atom is 0.163 e. The molecule has 0 saturated carbocycles. The van der Waals surface area contributed by atoms with Crippen LogP contribution in [0.15, 0.2) is 12.1 Å². The molecule has 86 valence electrons. The Morgan fingerprint density at radius 1 is 1.44 bits per heavy atom. The Kier molecular flexibility index (Phi) is 2.99. The molecule has 0 radical (unpaired) electrons. The molecule has 2 heteroatoms. The van der Waals surface area contributed by atoms with Gasteiger partial charge in [0, 0.05) is 17.5 Å². The van der Waals surface area contributed by atoms with Gasteiger partial charge < -0.3 is 4.74 Å². The van der Waals surface area contributed by atoms with Crippen LogP contribution in [0.4, 0.5) is 0 Å². The van der Waals surface area contributed by atoms with Crippen molar-refractivity contribution in [2.45, 2.75) is 39.5 Å². The van der Waals surface area contributed by atoms with Crippen LogP contribution in [0, 0.1) is 6.92 Å². The van der Waals surface area contributed by atoms with E-state index in [2.05, 4.69) is 6.92 Å². The molecule has 0 spiro atoms. The van der Waals surface area contributed by atoms with E-state index in [0.717, 1.165) is 28.9 Å². The zero-order valence-electron chi connectivity index (χ0n) is 10.2. The molecular formula is C14H18O2. The molecule has 0 aromatic heterocycles. The lowest BCUT2D eigenvalue weighted by Crippen LogP contribution is -2.17. The Bertz CT molecular complexity index is 421. The summed E-state index contributed by atoms with van der Waals surface area (Å²) in [5.74, 6) is 1.59. The number of rotatable bonds is 2. The molecule has 0 amide bonds. The largest absolute Gasteiger partial charge is 0.494 e. The molecule has 16 heavy (non-hydrogen) atoms. The fourth-order valence-electron chi connectivity index (χ4n) is 2.47. The van der Waals surface area contributed by atoms with Gasteiger partial charge in [-0.25, -0.2) is 0 Å². The summed E-state index contributed by atoms with van der Waals surface area (Å²) in [5.41, 5.74) is 3.11. The third kappa shape index (κ3) is 1.73. The van der Waals surface area contributed by atoms with Crippen LogP contribution in [0.3, 0.4) is 0 Å². The van der Waals surface area contributed by atoms with E-state index in [1.807, 2.05) is 26.0 Å². The van der Waals surface area contributed by atoms with Crippen LogP contribution >= 0.6 is 0 Å². The van der Waals surface area contributed by atoms with E-state index >= 15 is 0 Å². The lowest BCUT2D eigenvalue weighted by atomic mass is 9.80. The second-order valence-corrected chi connectivity index (χ2v) is 4.47. The lowest BCUT2D eigenvalue weighted by Gasteiger charge is -2.25. The molecule has 0 saturated heterocycles. The van der Waals surface area contributed by atoms with Crippen molar-refractivity contribution in [1.82, 2.24) is 0 Å². The maximum absolute atomic E-state index is 12.0. The fraction of sp³-hybridized carbons (Fsp3) is 0.500. The first-order chi connectivity index (χ1) is 7.65. The number of carbonyl (C=O) groups excluding carboxylic acids is 1. The number of fused-ring (bicyclic) bond motifs is 1. The second-order valence-electron chi connectivity index (χ2n) is 4.47. The van der Waals surface area contributed by atoms with Gasteiger partial charge in [-0.2, -0.15) is 0 Å². The van der Waals surface area contributed by atoms with Gasteiger partial charge >= 0.3 is 0 Å². The average molecular weight is 218 g/mol. The number of Topliss-reactive ketones (excluding diaryl/α,β-unsaturated/α-hetero) is 1. The van der Waals surface area contributed by atoms with Crippen LogP contribution in [-0.4, -0.2) is 12.4 Å². The molecule has 0 N–H and O–H groups in total. The number of benzene rings is 1. The summed E-state index contributed by atoms with van der Waals surface area (Å²) in [4.78, 5) is 12.0. The molecular weight excluding hydrogens is 200 g/mol. The second kappa shape index (κ2) is 4.28. The van der Waals surface area contributed by atoms with Crippen molar-refractivity contribution in [3.63, 3.8) is 0 Å². The van der Waals surface area contributed by atoms with Crippen molar-refractivity contribution >= 4 is 5.78 Å². The van der Waals surface area contributed by atoms with Gasteiger partial charge in [0.15, 0.2) is 5.78 Å². The highest BCUT2D eigenvalue weighted by Crippen LogP contribution is 2.39. The lowest BCUT2D eigenvalue weighted by molar-refractivity contribution is 0.0966. The van der Waals surface area contributed by atoms with Crippen LogP contribution in [0.2, 0.25) is 0 Å². The van der Waals surface area contributed by atoms with Gasteiger partial charge in [-0.05, 0) is 37.8 Å². The van der Waals surface area contributed by atoms with Crippen LogP contribution in [0.5, 0.6) is 5.75 Å². The highest BCUT2D eigenvalue weighted by atomic mass is 16.5. The number of ether oxygens (including phenoxy) is 1. The molecule has 1 atom stereocenters. The molecule has 0 bridgehead atoms. The molecule has 2 nitrogen and oxygen atoms in total. The van der Waals surface area contributed by atoms with E-state index in [1.54, 1.807) is 0 Å². The van der Waals surface area contributed by atoms with Gasteiger partial charge in [0.05, 0.1) is 6.61 Å². The predicted molar refractivity (Wildman–Crippen MR) is 64.3 cm³/mol. The molecule has 0 heterocycles. The zero-order chi connectivity index (χ0) is 11.7. The molecule has 1 aliphatic rings. The van der Waals surface area contributed by atoms with Crippen molar-refractivity contribution in [2.24, 2.45) is 0 Å². The monoisotopic (exact) mass is 218 g/mol. The van der Waals surface area contributed by atoms with E-state index in [0.29, 0.717) is 18.9 Å². The SMILES string of the molecule is CCOc1ccc(C)c2c1C(C)CCC2=O. The molecule has 1 aromatic carbocycles. The van der Waals surface area contributed by atoms with Gasteiger partial charge in [0.25, 0.3) is 0 Å². The molecule has 1 aromatic rings. The van der Waals surface area contributed by atoms with E-state index in [1.165, 1.54) is 0 Å². The van der Waals surface area contributed by atoms with Crippen LogP contribution in [0.1, 0.15) is 54.1 Å². The number of ketones is 1. The Morgan fingerprint density at radius 2 is 2.19 bits per heavy atom. The van der Waals surface area contributed by atoms with E-state index in [-0.39, 0.29) is 5.78 Å². The summed E-state index contributed by atoms with van der Waals surface area (Å²) in [5, 5.41) is 0. The summed E-state index contributed by atoms with van der Waals surface area (Å²) in [6.45, 7) is 6.80.